The highest BCUT2D eigenvalue weighted by Gasteiger charge is 2.25. The number of hydrogen-bond acceptors (Lipinski definition) is 5. The number of nitro benzene ring substituents is 1. The molecule has 0 radical (unpaired) electrons. The fraction of sp³-hybridized carbons (Fsp3) is 0.400. The third-order valence-electron chi connectivity index (χ3n) is 1.94. The van der Waals surface area contributed by atoms with Crippen molar-refractivity contribution < 1.29 is 13.3 Å². The minimum absolute atomic E-state index is 0.0302. The van der Waals surface area contributed by atoms with E-state index in [0.717, 1.165) is 12.1 Å². The van der Waals surface area contributed by atoms with Crippen molar-refractivity contribution in [3.05, 3.63) is 28.3 Å². The Morgan fingerprint density at radius 2 is 1.89 bits per heavy atom. The number of nitro groups is 1. The first-order chi connectivity index (χ1) is 8.03. The first-order valence-electron chi connectivity index (χ1n) is 5.11. The molecule has 0 fully saturated rings. The molecule has 0 aliphatic carbocycles. The topological polar surface area (TPSA) is 115 Å². The van der Waals surface area contributed by atoms with Crippen molar-refractivity contribution >= 4 is 21.4 Å². The second kappa shape index (κ2) is 4.54. The van der Waals surface area contributed by atoms with Gasteiger partial charge < -0.3 is 5.73 Å². The average molecular weight is 273 g/mol. The lowest BCUT2D eigenvalue weighted by atomic mass is 10.1. The van der Waals surface area contributed by atoms with E-state index in [1.54, 1.807) is 20.8 Å². The zero-order valence-electron chi connectivity index (χ0n) is 10.3. The third-order valence-corrected chi connectivity index (χ3v) is 3.75. The fourth-order valence-electron chi connectivity index (χ4n) is 1.33. The summed E-state index contributed by atoms with van der Waals surface area (Å²) in [5, 5.41) is 10.6. The number of rotatable bonds is 3. The smallest absolute Gasteiger partial charge is 0.270 e. The largest absolute Gasteiger partial charge is 0.398 e. The summed E-state index contributed by atoms with van der Waals surface area (Å²) in [5.41, 5.74) is 4.50. The molecule has 0 amide bonds. The highest BCUT2D eigenvalue weighted by molar-refractivity contribution is 7.89. The van der Waals surface area contributed by atoms with Crippen LogP contribution in [0.5, 0.6) is 0 Å². The molecule has 100 valence electrons. The van der Waals surface area contributed by atoms with Crippen LogP contribution in [0.15, 0.2) is 23.1 Å². The van der Waals surface area contributed by atoms with Gasteiger partial charge in [0.15, 0.2) is 0 Å². The minimum atomic E-state index is -3.88. The highest BCUT2D eigenvalue weighted by Crippen LogP contribution is 2.24. The van der Waals surface area contributed by atoms with Crippen LogP contribution < -0.4 is 10.5 Å². The van der Waals surface area contributed by atoms with Gasteiger partial charge in [0.2, 0.25) is 10.0 Å². The molecule has 8 heteroatoms. The van der Waals surface area contributed by atoms with Gasteiger partial charge in [0.05, 0.1) is 10.6 Å². The molecule has 1 rings (SSSR count). The maximum atomic E-state index is 12.0. The van der Waals surface area contributed by atoms with E-state index in [2.05, 4.69) is 4.72 Å². The van der Waals surface area contributed by atoms with Gasteiger partial charge in [-0.15, -0.1) is 0 Å². The number of anilines is 1. The van der Waals surface area contributed by atoms with E-state index >= 15 is 0 Å². The number of non-ortho nitro benzene ring substituents is 1. The second-order valence-electron chi connectivity index (χ2n) is 4.83. The van der Waals surface area contributed by atoms with Crippen molar-refractivity contribution in [1.82, 2.24) is 4.72 Å². The van der Waals surface area contributed by atoms with Crippen molar-refractivity contribution in [3.8, 4) is 0 Å². The number of nitrogen functional groups attached to an aromatic ring is 1. The van der Waals surface area contributed by atoms with Crippen molar-refractivity contribution in [1.29, 1.82) is 0 Å². The Hall–Kier alpha value is -1.67. The standard InChI is InChI=1S/C10H15N3O4S/c1-10(2,3)12-18(16,17)9-6-7(13(14)15)4-5-8(9)11/h4-6,12H,11H2,1-3H3. The quantitative estimate of drug-likeness (QED) is 0.488. The number of sulfonamides is 1. The molecule has 18 heavy (non-hydrogen) atoms. The molecular weight excluding hydrogens is 258 g/mol. The van der Waals surface area contributed by atoms with Gasteiger partial charge in [-0.25, -0.2) is 13.1 Å². The third kappa shape index (κ3) is 3.41. The summed E-state index contributed by atoms with van der Waals surface area (Å²) in [6.45, 7) is 4.99. The van der Waals surface area contributed by atoms with Crippen LogP contribution >= 0.6 is 0 Å². The van der Waals surface area contributed by atoms with Crippen LogP contribution in [-0.4, -0.2) is 18.9 Å². The molecule has 0 unspecified atom stereocenters. The molecule has 0 aliphatic rings. The molecule has 0 saturated carbocycles. The molecule has 0 bridgehead atoms. The Labute approximate surface area is 105 Å². The zero-order chi connectivity index (χ0) is 14.1. The SMILES string of the molecule is CC(C)(C)NS(=O)(=O)c1cc([N+](=O)[O-])ccc1N. The molecule has 0 saturated heterocycles. The molecule has 0 aliphatic heterocycles. The molecule has 0 aromatic heterocycles. The molecule has 0 atom stereocenters. The Balaban J connectivity index is 3.32. The average Bonchev–Trinajstić information content (AvgIpc) is 2.13. The summed E-state index contributed by atoms with van der Waals surface area (Å²) in [7, 11) is -3.88. The van der Waals surface area contributed by atoms with E-state index in [1.807, 2.05) is 0 Å². The second-order valence-corrected chi connectivity index (χ2v) is 6.49. The van der Waals surface area contributed by atoms with Gasteiger partial charge in [-0.2, -0.15) is 0 Å². The lowest BCUT2D eigenvalue weighted by Crippen LogP contribution is -2.40. The molecule has 1 aromatic rings. The van der Waals surface area contributed by atoms with Crippen LogP contribution in [0, 0.1) is 10.1 Å². The normalized spacial score (nSPS) is 12.4. The number of hydrogen-bond donors (Lipinski definition) is 2. The highest BCUT2D eigenvalue weighted by atomic mass is 32.2. The van der Waals surface area contributed by atoms with E-state index in [9.17, 15) is 18.5 Å². The van der Waals surface area contributed by atoms with Gasteiger partial charge in [-0.3, -0.25) is 10.1 Å². The Kier molecular flexibility index (Phi) is 3.63. The van der Waals surface area contributed by atoms with Gasteiger partial charge >= 0.3 is 0 Å². The summed E-state index contributed by atoms with van der Waals surface area (Å²) in [5.74, 6) is 0. The van der Waals surface area contributed by atoms with Gasteiger partial charge in [0.1, 0.15) is 4.90 Å². The van der Waals surface area contributed by atoms with Crippen LogP contribution in [0.4, 0.5) is 11.4 Å². The van der Waals surface area contributed by atoms with Crippen molar-refractivity contribution in [3.63, 3.8) is 0 Å². The molecule has 0 heterocycles. The summed E-state index contributed by atoms with van der Waals surface area (Å²) >= 11 is 0. The summed E-state index contributed by atoms with van der Waals surface area (Å²) in [6.07, 6.45) is 0. The van der Waals surface area contributed by atoms with E-state index < -0.39 is 20.5 Å². The summed E-state index contributed by atoms with van der Waals surface area (Å²) < 4.78 is 26.4. The van der Waals surface area contributed by atoms with E-state index in [0.29, 0.717) is 0 Å². The van der Waals surface area contributed by atoms with Gasteiger partial charge in [-0.1, -0.05) is 0 Å². The van der Waals surface area contributed by atoms with Crippen LogP contribution in [0.1, 0.15) is 20.8 Å². The number of nitrogens with two attached hydrogens (primary N) is 1. The Morgan fingerprint density at radius 3 is 2.33 bits per heavy atom. The van der Waals surface area contributed by atoms with Crippen molar-refractivity contribution in [2.75, 3.05) is 5.73 Å². The predicted molar refractivity (Wildman–Crippen MR) is 67.6 cm³/mol. The number of nitrogens with one attached hydrogen (secondary N) is 1. The minimum Gasteiger partial charge on any atom is -0.398 e. The molecule has 1 aromatic carbocycles. The van der Waals surface area contributed by atoms with Crippen LogP contribution in [0.3, 0.4) is 0 Å². The Bertz CT molecular complexity index is 575. The zero-order valence-corrected chi connectivity index (χ0v) is 11.1. The molecular formula is C10H15N3O4S. The Morgan fingerprint density at radius 1 is 1.33 bits per heavy atom. The molecule has 3 N–H and O–H groups in total. The molecule has 7 nitrogen and oxygen atoms in total. The maximum absolute atomic E-state index is 12.0. The first-order valence-corrected chi connectivity index (χ1v) is 6.59. The number of nitrogens with zero attached hydrogens (tertiary/aromatic N) is 1. The van der Waals surface area contributed by atoms with E-state index in [-0.39, 0.29) is 16.3 Å². The predicted octanol–water partition coefficient (Wildman–Crippen LogP) is 1.25. The summed E-state index contributed by atoms with van der Waals surface area (Å²) in [4.78, 5) is 9.67. The van der Waals surface area contributed by atoms with Gasteiger partial charge in [0.25, 0.3) is 5.69 Å². The summed E-state index contributed by atoms with van der Waals surface area (Å²) in [6, 6.07) is 3.31. The van der Waals surface area contributed by atoms with Crippen LogP contribution in [-0.2, 0) is 10.0 Å². The number of benzene rings is 1. The van der Waals surface area contributed by atoms with Crippen LogP contribution in [0.2, 0.25) is 0 Å². The van der Waals surface area contributed by atoms with E-state index in [1.165, 1.54) is 6.07 Å². The van der Waals surface area contributed by atoms with Gasteiger partial charge in [-0.05, 0) is 26.8 Å². The lowest BCUT2D eigenvalue weighted by molar-refractivity contribution is -0.385. The lowest BCUT2D eigenvalue weighted by Gasteiger charge is -2.20. The monoisotopic (exact) mass is 273 g/mol. The van der Waals surface area contributed by atoms with Crippen molar-refractivity contribution in [2.24, 2.45) is 0 Å². The maximum Gasteiger partial charge on any atom is 0.270 e. The van der Waals surface area contributed by atoms with Crippen LogP contribution in [0.25, 0.3) is 0 Å². The van der Waals surface area contributed by atoms with Crippen molar-refractivity contribution in [2.45, 2.75) is 31.2 Å². The first kappa shape index (κ1) is 14.4. The van der Waals surface area contributed by atoms with E-state index in [4.69, 9.17) is 5.73 Å². The van der Waals surface area contributed by atoms with Gasteiger partial charge in [0, 0.05) is 17.7 Å². The fourth-order valence-corrected chi connectivity index (χ4v) is 2.90. The molecule has 0 spiro atoms.